The van der Waals surface area contributed by atoms with Gasteiger partial charge in [0.15, 0.2) is 18.2 Å². The molecule has 0 aromatic heterocycles. The number of hydrogen-bond acceptors (Lipinski definition) is 4. The Hall–Kier alpha value is -2.54. The van der Waals surface area contributed by atoms with Crippen LogP contribution in [0.25, 0.3) is 0 Å². The first kappa shape index (κ1) is 17.8. The molecule has 0 aliphatic rings. The minimum absolute atomic E-state index is 0.0293. The van der Waals surface area contributed by atoms with Crippen LogP contribution in [0.1, 0.15) is 0 Å². The van der Waals surface area contributed by atoms with Crippen molar-refractivity contribution in [2.75, 3.05) is 26.0 Å². The van der Waals surface area contributed by atoms with Crippen LogP contribution in [0.5, 0.6) is 5.75 Å². The zero-order valence-electron chi connectivity index (χ0n) is 13.3. The van der Waals surface area contributed by atoms with Crippen LogP contribution < -0.4 is 10.1 Å². The summed E-state index contributed by atoms with van der Waals surface area (Å²) in [5.41, 5.74) is 0.568. The first-order valence-corrected chi connectivity index (χ1v) is 7.94. The number of thioether (sulfide) groups is 1. The third-order valence-electron chi connectivity index (χ3n) is 2.90. The number of carbonyl (C=O) groups excluding carboxylic acids is 2. The highest BCUT2D eigenvalue weighted by molar-refractivity contribution is 8.13. The molecule has 2 amide bonds. The number of anilines is 1. The first-order valence-electron chi connectivity index (χ1n) is 7.12. The van der Waals surface area contributed by atoms with Crippen molar-refractivity contribution in [1.82, 2.24) is 4.90 Å². The molecule has 0 unspecified atom stereocenters. The molecule has 2 aromatic rings. The molecule has 24 heavy (non-hydrogen) atoms. The van der Waals surface area contributed by atoms with Crippen molar-refractivity contribution in [3.63, 3.8) is 0 Å². The van der Waals surface area contributed by atoms with E-state index in [1.165, 1.54) is 17.0 Å². The molecule has 0 atom stereocenters. The van der Waals surface area contributed by atoms with E-state index in [4.69, 9.17) is 4.74 Å². The molecule has 0 heterocycles. The Morgan fingerprint density at radius 1 is 1.12 bits per heavy atom. The summed E-state index contributed by atoms with van der Waals surface area (Å²) in [4.78, 5) is 25.7. The van der Waals surface area contributed by atoms with Crippen LogP contribution in [0.15, 0.2) is 53.4 Å². The lowest BCUT2D eigenvalue weighted by atomic mass is 10.3. The molecule has 5 nitrogen and oxygen atoms in total. The van der Waals surface area contributed by atoms with Crippen LogP contribution in [0.3, 0.4) is 0 Å². The summed E-state index contributed by atoms with van der Waals surface area (Å²) < 4.78 is 18.5. The monoisotopic (exact) mass is 348 g/mol. The molecule has 0 saturated heterocycles. The second-order valence-corrected chi connectivity index (χ2v) is 6.08. The fourth-order valence-electron chi connectivity index (χ4n) is 1.70. The van der Waals surface area contributed by atoms with Gasteiger partial charge < -0.3 is 15.0 Å². The molecule has 0 radical (unpaired) electrons. The topological polar surface area (TPSA) is 58.6 Å². The number of para-hydroxylation sites is 1. The fourth-order valence-corrected chi connectivity index (χ4v) is 2.36. The largest absolute Gasteiger partial charge is 0.481 e. The third kappa shape index (κ3) is 5.27. The summed E-state index contributed by atoms with van der Waals surface area (Å²) in [5.74, 6) is -0.887. The summed E-state index contributed by atoms with van der Waals surface area (Å²) in [6.45, 7) is -0.295. The molecular weight excluding hydrogens is 331 g/mol. The molecular formula is C17H17FN2O3S. The third-order valence-corrected chi connectivity index (χ3v) is 3.95. The SMILES string of the molecule is CN(C)C(=O)Sc1ccc(NC(=O)COc2ccccc2F)cc1. The van der Waals surface area contributed by atoms with Gasteiger partial charge in [0.05, 0.1) is 0 Å². The van der Waals surface area contributed by atoms with Gasteiger partial charge in [0.2, 0.25) is 0 Å². The maximum Gasteiger partial charge on any atom is 0.285 e. The van der Waals surface area contributed by atoms with Gasteiger partial charge in [0, 0.05) is 24.7 Å². The van der Waals surface area contributed by atoms with Gasteiger partial charge >= 0.3 is 0 Å². The van der Waals surface area contributed by atoms with E-state index < -0.39 is 11.7 Å². The highest BCUT2D eigenvalue weighted by Gasteiger charge is 2.09. The van der Waals surface area contributed by atoms with Crippen LogP contribution >= 0.6 is 11.8 Å². The normalized spacial score (nSPS) is 10.1. The number of ether oxygens (including phenoxy) is 1. The van der Waals surface area contributed by atoms with E-state index in [0.717, 1.165) is 16.7 Å². The standard InChI is InChI=1S/C17H17FN2O3S/c1-20(2)17(22)24-13-9-7-12(8-10-13)19-16(21)11-23-15-6-4-3-5-14(15)18/h3-10H,11H2,1-2H3,(H,19,21). The smallest absolute Gasteiger partial charge is 0.285 e. The second kappa shape index (κ2) is 8.35. The Labute approximate surface area is 143 Å². The Morgan fingerprint density at radius 3 is 2.42 bits per heavy atom. The maximum absolute atomic E-state index is 13.4. The lowest BCUT2D eigenvalue weighted by Gasteiger charge is -2.10. The predicted octanol–water partition coefficient (Wildman–Crippen LogP) is 3.62. The number of rotatable bonds is 5. The molecule has 0 bridgehead atoms. The molecule has 2 rings (SSSR count). The number of hydrogen-bond donors (Lipinski definition) is 1. The number of nitrogens with zero attached hydrogens (tertiary/aromatic N) is 1. The molecule has 1 N–H and O–H groups in total. The van der Waals surface area contributed by atoms with Crippen LogP contribution in [0.2, 0.25) is 0 Å². The van der Waals surface area contributed by atoms with Crippen molar-refractivity contribution in [2.24, 2.45) is 0 Å². The van der Waals surface area contributed by atoms with E-state index >= 15 is 0 Å². The molecule has 0 fully saturated rings. The lowest BCUT2D eigenvalue weighted by molar-refractivity contribution is -0.118. The summed E-state index contributed by atoms with van der Waals surface area (Å²) in [6, 6.07) is 12.7. The molecule has 0 saturated carbocycles. The molecule has 0 aliphatic heterocycles. The minimum Gasteiger partial charge on any atom is -0.481 e. The number of amides is 2. The van der Waals surface area contributed by atoms with Crippen LogP contribution in [0, 0.1) is 5.82 Å². The zero-order chi connectivity index (χ0) is 17.5. The summed E-state index contributed by atoms with van der Waals surface area (Å²) in [6.07, 6.45) is 0. The minimum atomic E-state index is -0.516. The van der Waals surface area contributed by atoms with E-state index in [9.17, 15) is 14.0 Å². The van der Waals surface area contributed by atoms with E-state index in [0.29, 0.717) is 5.69 Å². The highest BCUT2D eigenvalue weighted by atomic mass is 32.2. The van der Waals surface area contributed by atoms with Gasteiger partial charge in [-0.15, -0.1) is 0 Å². The van der Waals surface area contributed by atoms with E-state index in [1.54, 1.807) is 50.5 Å². The van der Waals surface area contributed by atoms with Crippen LogP contribution in [-0.4, -0.2) is 36.7 Å². The Balaban J connectivity index is 1.86. The second-order valence-electron chi connectivity index (χ2n) is 5.05. The van der Waals surface area contributed by atoms with Gasteiger partial charge in [0.1, 0.15) is 0 Å². The first-order chi connectivity index (χ1) is 11.5. The predicted molar refractivity (Wildman–Crippen MR) is 91.9 cm³/mol. The van der Waals surface area contributed by atoms with Crippen molar-refractivity contribution in [2.45, 2.75) is 4.90 Å². The van der Waals surface area contributed by atoms with Crippen molar-refractivity contribution >= 4 is 28.6 Å². The average Bonchev–Trinajstić information content (AvgIpc) is 2.56. The number of carbonyl (C=O) groups is 2. The Kier molecular flexibility index (Phi) is 6.20. The number of halogens is 1. The maximum atomic E-state index is 13.4. The molecule has 0 aliphatic carbocycles. The fraction of sp³-hybridized carbons (Fsp3) is 0.176. The Bertz CT molecular complexity index is 720. The number of nitrogens with one attached hydrogen (secondary N) is 1. The van der Waals surface area contributed by atoms with E-state index in [1.807, 2.05) is 0 Å². The number of benzene rings is 2. The van der Waals surface area contributed by atoms with Gasteiger partial charge in [0.25, 0.3) is 11.1 Å². The highest BCUT2D eigenvalue weighted by Crippen LogP contribution is 2.22. The lowest BCUT2D eigenvalue weighted by Crippen LogP contribution is -2.20. The average molecular weight is 348 g/mol. The van der Waals surface area contributed by atoms with Crippen molar-refractivity contribution in [3.8, 4) is 5.75 Å². The van der Waals surface area contributed by atoms with E-state index in [2.05, 4.69) is 5.32 Å². The summed E-state index contributed by atoms with van der Waals surface area (Å²) >= 11 is 1.10. The zero-order valence-corrected chi connectivity index (χ0v) is 14.1. The van der Waals surface area contributed by atoms with Gasteiger partial charge in [-0.3, -0.25) is 9.59 Å². The Morgan fingerprint density at radius 2 is 1.79 bits per heavy atom. The summed E-state index contributed by atoms with van der Waals surface area (Å²) in [7, 11) is 3.36. The van der Waals surface area contributed by atoms with Crippen LogP contribution in [-0.2, 0) is 4.79 Å². The van der Waals surface area contributed by atoms with Gasteiger partial charge in [-0.05, 0) is 48.2 Å². The molecule has 126 valence electrons. The van der Waals surface area contributed by atoms with Crippen molar-refractivity contribution < 1.29 is 18.7 Å². The van der Waals surface area contributed by atoms with Crippen molar-refractivity contribution in [3.05, 3.63) is 54.3 Å². The van der Waals surface area contributed by atoms with Crippen molar-refractivity contribution in [1.29, 1.82) is 0 Å². The van der Waals surface area contributed by atoms with Gasteiger partial charge in [-0.1, -0.05) is 12.1 Å². The van der Waals surface area contributed by atoms with Crippen LogP contribution in [0.4, 0.5) is 14.9 Å². The summed E-state index contributed by atoms with van der Waals surface area (Å²) in [5, 5.41) is 2.57. The van der Waals surface area contributed by atoms with E-state index in [-0.39, 0.29) is 17.6 Å². The molecule has 2 aromatic carbocycles. The molecule has 7 heteroatoms. The van der Waals surface area contributed by atoms with Gasteiger partial charge in [-0.25, -0.2) is 4.39 Å². The van der Waals surface area contributed by atoms with Gasteiger partial charge in [-0.2, -0.15) is 0 Å². The quantitative estimate of drug-likeness (QED) is 0.839. The molecule has 0 spiro atoms.